The summed E-state index contributed by atoms with van der Waals surface area (Å²) in [5, 5.41) is 2.41. The first-order valence-corrected chi connectivity index (χ1v) is 12.2. The molecule has 0 heterocycles. The summed E-state index contributed by atoms with van der Waals surface area (Å²) >= 11 is 0. The highest BCUT2D eigenvalue weighted by molar-refractivity contribution is 6.99. The van der Waals surface area contributed by atoms with Crippen LogP contribution in [0.15, 0.2) is 60.7 Å². The third-order valence-electron chi connectivity index (χ3n) is 5.07. The molecular weight excluding hydrogens is 364 g/mol. The maximum atomic E-state index is 11.9. The van der Waals surface area contributed by atoms with Gasteiger partial charge in [-0.05, 0) is 21.8 Å². The molecule has 0 aliphatic carbocycles. The highest BCUT2D eigenvalue weighted by atomic mass is 28.4. The van der Waals surface area contributed by atoms with Crippen molar-refractivity contribution in [1.82, 2.24) is 0 Å². The van der Waals surface area contributed by atoms with Crippen LogP contribution in [0.4, 0.5) is 0 Å². The molecule has 0 aliphatic rings. The second-order valence-electron chi connectivity index (χ2n) is 8.19. The molecule has 0 radical (unpaired) electrons. The van der Waals surface area contributed by atoms with E-state index in [1.54, 1.807) is 0 Å². The summed E-state index contributed by atoms with van der Waals surface area (Å²) in [6, 6.07) is 21.0. The van der Waals surface area contributed by atoms with Gasteiger partial charge in [-0.2, -0.15) is 0 Å². The molecule has 0 spiro atoms. The van der Waals surface area contributed by atoms with Crippen molar-refractivity contribution in [2.24, 2.45) is 0 Å². The number of esters is 1. The van der Waals surface area contributed by atoms with Crippen LogP contribution in [0.3, 0.4) is 0 Å². The molecule has 0 saturated heterocycles. The fourth-order valence-corrected chi connectivity index (χ4v) is 8.25. The molecule has 0 unspecified atom stereocenters. The molecule has 152 valence electrons. The van der Waals surface area contributed by atoms with Gasteiger partial charge in [0, 0.05) is 6.42 Å². The van der Waals surface area contributed by atoms with E-state index in [1.165, 1.54) is 10.4 Å². The van der Waals surface area contributed by atoms with Gasteiger partial charge in [0.25, 0.3) is 8.32 Å². The van der Waals surface area contributed by atoms with Crippen molar-refractivity contribution in [3.05, 3.63) is 60.7 Å². The van der Waals surface area contributed by atoms with Crippen LogP contribution in [-0.4, -0.2) is 27.5 Å². The van der Waals surface area contributed by atoms with Gasteiger partial charge >= 0.3 is 5.97 Å². The molecule has 0 amide bonds. The Balaban J connectivity index is 2.19. The monoisotopic (exact) mass is 398 g/mol. The number of ether oxygens (including phenoxy) is 1. The van der Waals surface area contributed by atoms with Gasteiger partial charge in [0.05, 0.1) is 6.61 Å². The van der Waals surface area contributed by atoms with Gasteiger partial charge in [-0.1, -0.05) is 101 Å². The van der Waals surface area contributed by atoms with Crippen LogP contribution in [0.25, 0.3) is 0 Å². The van der Waals surface area contributed by atoms with E-state index >= 15 is 0 Å². The molecular formula is C24H34O3Si. The average Bonchev–Trinajstić information content (AvgIpc) is 2.69. The van der Waals surface area contributed by atoms with E-state index in [2.05, 4.69) is 76.2 Å². The Labute approximate surface area is 171 Å². The van der Waals surface area contributed by atoms with Crippen LogP contribution in [0, 0.1) is 0 Å². The maximum Gasteiger partial charge on any atom is 0.305 e. The van der Waals surface area contributed by atoms with Gasteiger partial charge < -0.3 is 9.16 Å². The van der Waals surface area contributed by atoms with Crippen LogP contribution in [0.2, 0.25) is 5.04 Å². The zero-order valence-corrected chi connectivity index (χ0v) is 18.7. The third kappa shape index (κ3) is 5.55. The van der Waals surface area contributed by atoms with Crippen LogP contribution in [0.5, 0.6) is 0 Å². The molecule has 4 heteroatoms. The summed E-state index contributed by atoms with van der Waals surface area (Å²) in [6.45, 7) is 9.58. The number of benzene rings is 2. The predicted octanol–water partition coefficient (Wildman–Crippen LogP) is 4.69. The Morgan fingerprint density at radius 3 is 1.86 bits per heavy atom. The van der Waals surface area contributed by atoms with Gasteiger partial charge in [-0.15, -0.1) is 0 Å². The van der Waals surface area contributed by atoms with Gasteiger partial charge in [-0.25, -0.2) is 0 Å². The zero-order chi connectivity index (χ0) is 20.5. The number of carbonyl (C=O) groups excluding carboxylic acids is 1. The van der Waals surface area contributed by atoms with E-state index in [4.69, 9.17) is 9.16 Å². The first-order chi connectivity index (χ1) is 13.4. The number of rotatable bonds is 10. The molecule has 0 saturated carbocycles. The van der Waals surface area contributed by atoms with Crippen LogP contribution in [-0.2, 0) is 14.0 Å². The minimum atomic E-state index is -2.54. The number of carbonyl (C=O) groups is 1. The molecule has 2 aromatic rings. The molecule has 0 aliphatic heterocycles. The lowest BCUT2D eigenvalue weighted by molar-refractivity contribution is -0.144. The molecule has 2 aromatic carbocycles. The second-order valence-corrected chi connectivity index (χ2v) is 12.5. The van der Waals surface area contributed by atoms with Gasteiger partial charge in [0.1, 0.15) is 6.61 Å². The topological polar surface area (TPSA) is 35.5 Å². The van der Waals surface area contributed by atoms with Gasteiger partial charge in [0.2, 0.25) is 0 Å². The van der Waals surface area contributed by atoms with Gasteiger partial charge in [-0.3, -0.25) is 4.79 Å². The number of hydrogen-bond acceptors (Lipinski definition) is 3. The normalized spacial score (nSPS) is 12.0. The Kier molecular flexibility index (Phi) is 8.46. The lowest BCUT2D eigenvalue weighted by atomic mass is 10.2. The lowest BCUT2D eigenvalue weighted by Gasteiger charge is -2.43. The molecule has 0 aromatic heterocycles. The zero-order valence-electron chi connectivity index (χ0n) is 17.7. The predicted molar refractivity (Wildman–Crippen MR) is 119 cm³/mol. The lowest BCUT2D eigenvalue weighted by Crippen LogP contribution is -2.66. The first-order valence-electron chi connectivity index (χ1n) is 10.3. The van der Waals surface area contributed by atoms with Crippen molar-refractivity contribution in [3.8, 4) is 0 Å². The van der Waals surface area contributed by atoms with E-state index in [0.29, 0.717) is 19.6 Å². The summed E-state index contributed by atoms with van der Waals surface area (Å²) in [7, 11) is -2.54. The van der Waals surface area contributed by atoms with Crippen molar-refractivity contribution in [3.63, 3.8) is 0 Å². The fraction of sp³-hybridized carbons (Fsp3) is 0.458. The Morgan fingerprint density at radius 1 is 0.857 bits per heavy atom. The third-order valence-corrected chi connectivity index (χ3v) is 10.1. The van der Waals surface area contributed by atoms with Crippen LogP contribution in [0.1, 0.15) is 53.4 Å². The van der Waals surface area contributed by atoms with Gasteiger partial charge in [0.15, 0.2) is 0 Å². The highest BCUT2D eigenvalue weighted by Gasteiger charge is 2.50. The van der Waals surface area contributed by atoms with E-state index < -0.39 is 8.32 Å². The Bertz CT molecular complexity index is 668. The number of hydrogen-bond donors (Lipinski definition) is 0. The van der Waals surface area contributed by atoms with Crippen molar-refractivity contribution in [2.45, 2.75) is 58.4 Å². The highest BCUT2D eigenvalue weighted by Crippen LogP contribution is 2.36. The molecule has 0 atom stereocenters. The van der Waals surface area contributed by atoms with Crippen molar-refractivity contribution < 1.29 is 14.0 Å². The quantitative estimate of drug-likeness (QED) is 0.331. The van der Waals surface area contributed by atoms with Crippen LogP contribution >= 0.6 is 0 Å². The summed E-state index contributed by atoms with van der Waals surface area (Å²) in [4.78, 5) is 11.9. The van der Waals surface area contributed by atoms with E-state index in [9.17, 15) is 4.79 Å². The average molecular weight is 399 g/mol. The molecule has 0 N–H and O–H groups in total. The molecule has 3 nitrogen and oxygen atoms in total. The molecule has 2 rings (SSSR count). The van der Waals surface area contributed by atoms with E-state index in [-0.39, 0.29) is 11.0 Å². The molecule has 28 heavy (non-hydrogen) atoms. The first kappa shape index (κ1) is 22.4. The smallest absolute Gasteiger partial charge is 0.305 e. The minimum Gasteiger partial charge on any atom is -0.463 e. The Hall–Kier alpha value is -1.91. The number of unbranched alkanes of at least 4 members (excludes halogenated alkanes) is 2. The maximum absolute atomic E-state index is 11.9. The Morgan fingerprint density at radius 2 is 1.39 bits per heavy atom. The minimum absolute atomic E-state index is 0.0686. The fourth-order valence-electron chi connectivity index (χ4n) is 3.70. The van der Waals surface area contributed by atoms with E-state index in [0.717, 1.165) is 19.3 Å². The van der Waals surface area contributed by atoms with Crippen LogP contribution < -0.4 is 10.4 Å². The summed E-state index contributed by atoms with van der Waals surface area (Å²) in [5.74, 6) is -0.125. The summed E-state index contributed by atoms with van der Waals surface area (Å²) in [5.41, 5.74) is 0. The SMILES string of the molecule is CCCCCC(=O)OCCO[Si](c1ccccc1)(c1ccccc1)C(C)(C)C. The summed E-state index contributed by atoms with van der Waals surface area (Å²) in [6.07, 6.45) is 3.55. The van der Waals surface area contributed by atoms with Crippen molar-refractivity contribution in [2.75, 3.05) is 13.2 Å². The standard InChI is InChI=1S/C24H34O3Si/c1-5-6-9-18-23(25)26-19-20-27-28(24(2,3)4,21-14-10-7-11-15-21)22-16-12-8-13-17-22/h7-8,10-17H,5-6,9,18-20H2,1-4H3. The van der Waals surface area contributed by atoms with E-state index in [1.807, 2.05) is 12.1 Å². The largest absolute Gasteiger partial charge is 0.463 e. The molecule has 0 bridgehead atoms. The second kappa shape index (κ2) is 10.6. The van der Waals surface area contributed by atoms with Crippen molar-refractivity contribution >= 4 is 24.7 Å². The molecule has 0 fully saturated rings. The van der Waals surface area contributed by atoms with Crippen molar-refractivity contribution in [1.29, 1.82) is 0 Å². The summed E-state index contributed by atoms with van der Waals surface area (Å²) < 4.78 is 12.1.